The number of fused-ring (bicyclic) bond motifs is 1. The number of nitrogens with zero attached hydrogens (tertiary/aromatic N) is 5. The Morgan fingerprint density at radius 3 is 2.78 bits per heavy atom. The second-order valence-corrected chi connectivity index (χ2v) is 8.00. The first-order valence-corrected chi connectivity index (χ1v) is 10.2. The standard InChI is InChI=1S/C16H27N7O3S/c1-4-22-9-17-13-14(18-11-5-6-23(7-11)27(25)26)20-16(21-15(13)22)19-12(8-24)10(2)3/h9-12,24H,4-8H2,1-3H3,(H,25,26)(H2,18,19,20,21). The van der Waals surface area contributed by atoms with Crippen molar-refractivity contribution in [3.63, 3.8) is 0 Å². The lowest BCUT2D eigenvalue weighted by Crippen LogP contribution is -2.31. The fraction of sp³-hybridized carbons (Fsp3) is 0.688. The van der Waals surface area contributed by atoms with Gasteiger partial charge in [0.25, 0.3) is 0 Å². The van der Waals surface area contributed by atoms with Gasteiger partial charge in [-0.05, 0) is 19.3 Å². The van der Waals surface area contributed by atoms with Crippen LogP contribution < -0.4 is 10.6 Å². The van der Waals surface area contributed by atoms with E-state index in [-0.39, 0.29) is 24.6 Å². The molecule has 0 saturated carbocycles. The quantitative estimate of drug-likeness (QED) is 0.484. The third kappa shape index (κ3) is 4.37. The SMILES string of the molecule is CCn1cnc2c(NC3CCN(S(=O)O)C3)nc(NC(CO)C(C)C)nc21. The highest BCUT2D eigenvalue weighted by Crippen LogP contribution is 2.24. The molecule has 0 amide bonds. The highest BCUT2D eigenvalue weighted by atomic mass is 32.2. The molecule has 3 atom stereocenters. The van der Waals surface area contributed by atoms with Crippen molar-refractivity contribution in [1.29, 1.82) is 0 Å². The molecule has 1 aliphatic heterocycles. The predicted molar refractivity (Wildman–Crippen MR) is 105 cm³/mol. The van der Waals surface area contributed by atoms with Crippen LogP contribution in [0.1, 0.15) is 27.2 Å². The molecule has 1 aliphatic rings. The Morgan fingerprint density at radius 2 is 2.19 bits per heavy atom. The topological polar surface area (TPSA) is 128 Å². The van der Waals surface area contributed by atoms with E-state index in [9.17, 15) is 13.9 Å². The van der Waals surface area contributed by atoms with E-state index in [1.54, 1.807) is 6.33 Å². The summed E-state index contributed by atoms with van der Waals surface area (Å²) in [6.45, 7) is 7.75. The van der Waals surface area contributed by atoms with Gasteiger partial charge in [0.05, 0.1) is 19.0 Å². The third-order valence-electron chi connectivity index (χ3n) is 4.83. The summed E-state index contributed by atoms with van der Waals surface area (Å²) < 4.78 is 24.0. The zero-order valence-corrected chi connectivity index (χ0v) is 16.6. The van der Waals surface area contributed by atoms with Gasteiger partial charge in [-0.2, -0.15) is 14.3 Å². The van der Waals surface area contributed by atoms with E-state index in [0.717, 1.165) is 13.0 Å². The first kappa shape index (κ1) is 19.9. The maximum Gasteiger partial charge on any atom is 0.234 e. The van der Waals surface area contributed by atoms with E-state index < -0.39 is 11.3 Å². The molecule has 0 radical (unpaired) electrons. The number of rotatable bonds is 8. The van der Waals surface area contributed by atoms with E-state index >= 15 is 0 Å². The van der Waals surface area contributed by atoms with Crippen molar-refractivity contribution in [3.8, 4) is 0 Å². The Kier molecular flexibility index (Phi) is 6.25. The van der Waals surface area contributed by atoms with Crippen LogP contribution in [0.25, 0.3) is 11.2 Å². The molecule has 150 valence electrons. The number of aliphatic hydroxyl groups excluding tert-OH is 1. The minimum Gasteiger partial charge on any atom is -0.394 e. The first-order valence-electron chi connectivity index (χ1n) is 9.15. The Hall–Kier alpha value is -1.82. The van der Waals surface area contributed by atoms with Gasteiger partial charge in [0.15, 0.2) is 17.0 Å². The molecule has 2 aromatic heterocycles. The van der Waals surface area contributed by atoms with Crippen LogP contribution in [0.3, 0.4) is 0 Å². The monoisotopic (exact) mass is 397 g/mol. The molecular weight excluding hydrogens is 370 g/mol. The van der Waals surface area contributed by atoms with Crippen molar-refractivity contribution in [1.82, 2.24) is 23.8 Å². The van der Waals surface area contributed by atoms with Gasteiger partial charge in [-0.25, -0.2) is 9.19 Å². The zero-order valence-electron chi connectivity index (χ0n) is 15.8. The summed E-state index contributed by atoms with van der Waals surface area (Å²) in [5.41, 5.74) is 1.37. The summed E-state index contributed by atoms with van der Waals surface area (Å²) in [4.78, 5) is 13.6. The van der Waals surface area contributed by atoms with Crippen molar-refractivity contribution in [2.45, 2.75) is 45.8 Å². The second kappa shape index (κ2) is 8.46. The van der Waals surface area contributed by atoms with Crippen molar-refractivity contribution in [2.75, 3.05) is 30.3 Å². The van der Waals surface area contributed by atoms with E-state index in [1.165, 1.54) is 4.31 Å². The lowest BCUT2D eigenvalue weighted by molar-refractivity contribution is 0.248. The van der Waals surface area contributed by atoms with E-state index in [1.807, 2.05) is 25.3 Å². The minimum absolute atomic E-state index is 0.00226. The molecule has 3 rings (SSSR count). The second-order valence-electron chi connectivity index (χ2n) is 7.02. The molecule has 0 aliphatic carbocycles. The van der Waals surface area contributed by atoms with Crippen LogP contribution in [-0.2, 0) is 17.8 Å². The summed E-state index contributed by atoms with van der Waals surface area (Å²) in [6.07, 6.45) is 2.46. The van der Waals surface area contributed by atoms with Gasteiger partial charge in [-0.3, -0.25) is 4.55 Å². The predicted octanol–water partition coefficient (Wildman–Crippen LogP) is 0.898. The smallest absolute Gasteiger partial charge is 0.234 e. The Bertz CT molecular complexity index is 813. The summed E-state index contributed by atoms with van der Waals surface area (Å²) in [6, 6.07) is -0.162. The molecular formula is C16H27N7O3S. The van der Waals surface area contributed by atoms with Crippen molar-refractivity contribution < 1.29 is 13.9 Å². The summed E-state index contributed by atoms with van der Waals surface area (Å²) in [5, 5.41) is 16.2. The highest BCUT2D eigenvalue weighted by Gasteiger charge is 2.27. The van der Waals surface area contributed by atoms with Crippen LogP contribution in [0.5, 0.6) is 0 Å². The van der Waals surface area contributed by atoms with Gasteiger partial charge in [0.1, 0.15) is 0 Å². The van der Waals surface area contributed by atoms with Crippen molar-refractivity contribution >= 4 is 34.2 Å². The lowest BCUT2D eigenvalue weighted by atomic mass is 10.1. The molecule has 3 heterocycles. The van der Waals surface area contributed by atoms with Crippen LogP contribution >= 0.6 is 0 Å². The van der Waals surface area contributed by atoms with Crippen molar-refractivity contribution in [2.24, 2.45) is 5.92 Å². The molecule has 4 N–H and O–H groups in total. The van der Waals surface area contributed by atoms with Gasteiger partial charge in [0, 0.05) is 25.7 Å². The largest absolute Gasteiger partial charge is 0.394 e. The van der Waals surface area contributed by atoms with Crippen LogP contribution in [0.15, 0.2) is 6.33 Å². The molecule has 0 aromatic carbocycles. The average Bonchev–Trinajstić information content (AvgIpc) is 3.26. The van der Waals surface area contributed by atoms with Crippen LogP contribution in [-0.4, -0.2) is 69.5 Å². The molecule has 3 unspecified atom stereocenters. The number of nitrogens with one attached hydrogen (secondary N) is 2. The van der Waals surface area contributed by atoms with Crippen molar-refractivity contribution in [3.05, 3.63) is 6.33 Å². The number of aryl methyl sites for hydroxylation is 1. The van der Waals surface area contributed by atoms with Crippen LogP contribution in [0, 0.1) is 5.92 Å². The van der Waals surface area contributed by atoms with Gasteiger partial charge in [0.2, 0.25) is 17.2 Å². The number of aromatic nitrogens is 4. The summed E-state index contributed by atoms with van der Waals surface area (Å²) in [7, 11) is 0. The molecule has 27 heavy (non-hydrogen) atoms. The number of aliphatic hydroxyl groups is 1. The molecule has 10 nitrogen and oxygen atoms in total. The number of hydrogen-bond donors (Lipinski definition) is 4. The fourth-order valence-electron chi connectivity index (χ4n) is 3.11. The molecule has 0 bridgehead atoms. The van der Waals surface area contributed by atoms with E-state index in [2.05, 4.69) is 25.6 Å². The van der Waals surface area contributed by atoms with E-state index in [4.69, 9.17) is 0 Å². The summed E-state index contributed by atoms with van der Waals surface area (Å²) >= 11 is -1.96. The number of imidazole rings is 1. The molecule has 1 fully saturated rings. The third-order valence-corrected chi connectivity index (χ3v) is 5.61. The molecule has 11 heteroatoms. The van der Waals surface area contributed by atoms with Gasteiger partial charge < -0.3 is 20.3 Å². The summed E-state index contributed by atoms with van der Waals surface area (Å²) in [5.74, 6) is 1.23. The van der Waals surface area contributed by atoms with Gasteiger partial charge in [-0.15, -0.1) is 0 Å². The van der Waals surface area contributed by atoms with Gasteiger partial charge in [-0.1, -0.05) is 13.8 Å². The Morgan fingerprint density at radius 1 is 1.41 bits per heavy atom. The number of anilines is 2. The lowest BCUT2D eigenvalue weighted by Gasteiger charge is -2.21. The normalized spacial score (nSPS) is 20.3. The maximum absolute atomic E-state index is 11.3. The number of hydrogen-bond acceptors (Lipinski definition) is 7. The molecule has 0 spiro atoms. The zero-order chi connectivity index (χ0) is 19.6. The molecule has 2 aromatic rings. The first-order chi connectivity index (χ1) is 12.9. The van der Waals surface area contributed by atoms with E-state index in [0.29, 0.717) is 36.0 Å². The van der Waals surface area contributed by atoms with Crippen LogP contribution in [0.2, 0.25) is 0 Å². The molecule has 1 saturated heterocycles. The highest BCUT2D eigenvalue weighted by molar-refractivity contribution is 7.76. The average molecular weight is 398 g/mol. The Labute approximate surface area is 160 Å². The minimum atomic E-state index is -1.96. The fourth-order valence-corrected chi connectivity index (χ4v) is 3.68. The maximum atomic E-state index is 11.3. The van der Waals surface area contributed by atoms with Crippen LogP contribution in [0.4, 0.5) is 11.8 Å². The van der Waals surface area contributed by atoms with Gasteiger partial charge >= 0.3 is 0 Å². The Balaban J connectivity index is 1.90.